The molecule has 0 saturated carbocycles. The Labute approximate surface area is 112 Å². The van der Waals surface area contributed by atoms with Crippen molar-refractivity contribution in [2.75, 3.05) is 5.43 Å². The first-order valence-corrected chi connectivity index (χ1v) is 5.64. The Morgan fingerprint density at radius 3 is 2.55 bits per heavy atom. The first-order valence-electron chi connectivity index (χ1n) is 5.64. The molecule has 1 amide bonds. The number of anilines is 1. The number of aromatic amines is 1. The molecule has 0 aliphatic heterocycles. The summed E-state index contributed by atoms with van der Waals surface area (Å²) < 4.78 is 27.0. The van der Waals surface area contributed by atoms with Crippen LogP contribution in [0.5, 0.6) is 0 Å². The maximum Gasteiger partial charge on any atom is 0.252 e. The van der Waals surface area contributed by atoms with Crippen LogP contribution in [0.3, 0.4) is 0 Å². The molecule has 9 heteroatoms. The molecule has 1 heterocycles. The predicted octanol–water partition coefficient (Wildman–Crippen LogP) is 0.860. The van der Waals surface area contributed by atoms with E-state index in [4.69, 9.17) is 5.84 Å². The molecule has 2 aromatic rings. The van der Waals surface area contributed by atoms with Gasteiger partial charge < -0.3 is 10.7 Å². The number of nitrogen functional groups attached to an aromatic ring is 1. The van der Waals surface area contributed by atoms with Gasteiger partial charge in [0.15, 0.2) is 11.6 Å². The van der Waals surface area contributed by atoms with E-state index in [2.05, 4.69) is 20.5 Å². The number of amides is 1. The molecule has 20 heavy (non-hydrogen) atoms. The molecule has 1 atom stereocenters. The van der Waals surface area contributed by atoms with Gasteiger partial charge in [-0.25, -0.2) is 13.8 Å². The zero-order valence-electron chi connectivity index (χ0n) is 10.4. The molecule has 2 rings (SSSR count). The molecular weight excluding hydrogens is 270 g/mol. The number of hydrogen-bond donors (Lipinski definition) is 4. The van der Waals surface area contributed by atoms with Crippen LogP contribution in [0, 0.1) is 11.6 Å². The van der Waals surface area contributed by atoms with Gasteiger partial charge in [-0.05, 0) is 19.1 Å². The third kappa shape index (κ3) is 2.72. The molecule has 0 aliphatic rings. The highest BCUT2D eigenvalue weighted by molar-refractivity contribution is 5.94. The summed E-state index contributed by atoms with van der Waals surface area (Å²) in [5.74, 6) is 2.85. The molecular formula is C11H12F2N6O. The standard InChI is InChI=1S/C11H12F2N6O/c1-5(10-15-4-16-19-10)17-11(20)6-2-7(12)9(18-14)8(13)3-6/h2-5,18H,14H2,1H3,(H,17,20)(H,15,16,19). The van der Waals surface area contributed by atoms with Crippen molar-refractivity contribution in [3.05, 3.63) is 41.5 Å². The van der Waals surface area contributed by atoms with E-state index in [1.165, 1.54) is 6.33 Å². The van der Waals surface area contributed by atoms with Crippen LogP contribution < -0.4 is 16.6 Å². The smallest absolute Gasteiger partial charge is 0.252 e. The number of nitrogens with zero attached hydrogens (tertiary/aromatic N) is 2. The van der Waals surface area contributed by atoms with Crippen molar-refractivity contribution in [3.63, 3.8) is 0 Å². The second kappa shape index (κ2) is 5.61. The third-order valence-corrected chi connectivity index (χ3v) is 2.64. The van der Waals surface area contributed by atoms with Crippen molar-refractivity contribution in [1.29, 1.82) is 0 Å². The summed E-state index contributed by atoms with van der Waals surface area (Å²) in [5, 5.41) is 8.76. The van der Waals surface area contributed by atoms with E-state index in [0.29, 0.717) is 5.82 Å². The summed E-state index contributed by atoms with van der Waals surface area (Å²) in [6.45, 7) is 1.65. The molecule has 0 fully saturated rings. The van der Waals surface area contributed by atoms with Gasteiger partial charge >= 0.3 is 0 Å². The quantitative estimate of drug-likeness (QED) is 0.491. The number of nitrogens with one attached hydrogen (secondary N) is 3. The maximum absolute atomic E-state index is 13.5. The number of halogens is 2. The van der Waals surface area contributed by atoms with E-state index in [0.717, 1.165) is 12.1 Å². The van der Waals surface area contributed by atoms with Crippen LogP contribution in [0.1, 0.15) is 29.1 Å². The number of aromatic nitrogens is 3. The number of carbonyl (C=O) groups is 1. The molecule has 0 saturated heterocycles. The van der Waals surface area contributed by atoms with Gasteiger partial charge in [-0.1, -0.05) is 0 Å². The molecule has 1 unspecified atom stereocenters. The van der Waals surface area contributed by atoms with Crippen LogP contribution in [0.4, 0.5) is 14.5 Å². The fourth-order valence-electron chi connectivity index (χ4n) is 1.61. The number of hydrogen-bond acceptors (Lipinski definition) is 5. The minimum Gasteiger partial charge on any atom is -0.342 e. The fraction of sp³-hybridized carbons (Fsp3) is 0.182. The number of nitrogens with two attached hydrogens (primary N) is 1. The van der Waals surface area contributed by atoms with Gasteiger partial charge in [0.2, 0.25) is 0 Å². The minimum absolute atomic E-state index is 0.162. The van der Waals surface area contributed by atoms with E-state index in [1.54, 1.807) is 6.92 Å². The minimum atomic E-state index is -0.954. The van der Waals surface area contributed by atoms with Crippen molar-refractivity contribution in [2.24, 2.45) is 5.84 Å². The van der Waals surface area contributed by atoms with Gasteiger partial charge in [-0.15, -0.1) is 0 Å². The summed E-state index contributed by atoms with van der Waals surface area (Å²) in [6, 6.07) is 1.30. The van der Waals surface area contributed by atoms with E-state index in [-0.39, 0.29) is 5.56 Å². The lowest BCUT2D eigenvalue weighted by Crippen LogP contribution is -2.27. The van der Waals surface area contributed by atoms with E-state index in [1.807, 2.05) is 5.43 Å². The van der Waals surface area contributed by atoms with Crippen LogP contribution in [0.2, 0.25) is 0 Å². The SMILES string of the molecule is CC(NC(=O)c1cc(F)c(NN)c(F)c1)c1ncn[nH]1. The predicted molar refractivity (Wildman–Crippen MR) is 66.4 cm³/mol. The number of H-pyrrole nitrogens is 1. The zero-order valence-corrected chi connectivity index (χ0v) is 10.4. The monoisotopic (exact) mass is 282 g/mol. The van der Waals surface area contributed by atoms with Crippen molar-refractivity contribution in [1.82, 2.24) is 20.5 Å². The topological polar surface area (TPSA) is 109 Å². The lowest BCUT2D eigenvalue weighted by Gasteiger charge is -2.12. The van der Waals surface area contributed by atoms with Crippen molar-refractivity contribution < 1.29 is 13.6 Å². The van der Waals surface area contributed by atoms with Crippen LogP contribution >= 0.6 is 0 Å². The summed E-state index contributed by atoms with van der Waals surface area (Å²) in [5.41, 5.74) is 1.23. The van der Waals surface area contributed by atoms with Crippen LogP contribution in [-0.4, -0.2) is 21.1 Å². The Hall–Kier alpha value is -2.55. The van der Waals surface area contributed by atoms with Gasteiger partial charge in [0.25, 0.3) is 5.91 Å². The van der Waals surface area contributed by atoms with Gasteiger partial charge in [-0.2, -0.15) is 5.10 Å². The van der Waals surface area contributed by atoms with Gasteiger partial charge in [0, 0.05) is 5.56 Å². The molecule has 106 valence electrons. The van der Waals surface area contributed by atoms with Gasteiger partial charge in [-0.3, -0.25) is 15.7 Å². The number of hydrazine groups is 1. The Morgan fingerprint density at radius 1 is 1.40 bits per heavy atom. The number of benzene rings is 1. The van der Waals surface area contributed by atoms with Crippen LogP contribution in [0.15, 0.2) is 18.5 Å². The van der Waals surface area contributed by atoms with Gasteiger partial charge in [0.05, 0.1) is 6.04 Å². The fourth-order valence-corrected chi connectivity index (χ4v) is 1.61. The lowest BCUT2D eigenvalue weighted by molar-refractivity contribution is 0.0937. The molecule has 0 bridgehead atoms. The van der Waals surface area contributed by atoms with E-state index in [9.17, 15) is 13.6 Å². The maximum atomic E-state index is 13.5. The molecule has 7 nitrogen and oxygen atoms in total. The molecule has 0 spiro atoms. The normalized spacial score (nSPS) is 12.0. The van der Waals surface area contributed by atoms with Gasteiger partial charge in [0.1, 0.15) is 17.8 Å². The Kier molecular flexibility index (Phi) is 3.89. The molecule has 1 aromatic carbocycles. The van der Waals surface area contributed by atoms with Crippen molar-refractivity contribution >= 4 is 11.6 Å². The lowest BCUT2D eigenvalue weighted by atomic mass is 10.1. The summed E-state index contributed by atoms with van der Waals surface area (Å²) >= 11 is 0. The highest BCUT2D eigenvalue weighted by atomic mass is 19.1. The van der Waals surface area contributed by atoms with Crippen molar-refractivity contribution in [2.45, 2.75) is 13.0 Å². The molecule has 0 aliphatic carbocycles. The highest BCUT2D eigenvalue weighted by Gasteiger charge is 2.17. The number of rotatable bonds is 4. The average molecular weight is 282 g/mol. The highest BCUT2D eigenvalue weighted by Crippen LogP contribution is 2.20. The third-order valence-electron chi connectivity index (χ3n) is 2.64. The van der Waals surface area contributed by atoms with Crippen LogP contribution in [-0.2, 0) is 0 Å². The molecule has 5 N–H and O–H groups in total. The summed E-state index contributed by atoms with van der Waals surface area (Å²) in [7, 11) is 0. The van der Waals surface area contributed by atoms with E-state index >= 15 is 0 Å². The largest absolute Gasteiger partial charge is 0.342 e. The van der Waals surface area contributed by atoms with Crippen molar-refractivity contribution in [3.8, 4) is 0 Å². The Balaban J connectivity index is 2.17. The second-order valence-corrected chi connectivity index (χ2v) is 4.03. The number of carbonyl (C=O) groups excluding carboxylic acids is 1. The Bertz CT molecular complexity index is 592. The first-order chi connectivity index (χ1) is 9.52. The summed E-state index contributed by atoms with van der Waals surface area (Å²) in [6.07, 6.45) is 1.29. The molecule has 0 radical (unpaired) electrons. The molecule has 1 aromatic heterocycles. The Morgan fingerprint density at radius 2 is 2.05 bits per heavy atom. The first kappa shape index (κ1) is 13.9. The second-order valence-electron chi connectivity index (χ2n) is 4.03. The average Bonchev–Trinajstić information content (AvgIpc) is 2.92. The zero-order chi connectivity index (χ0) is 14.7. The summed E-state index contributed by atoms with van der Waals surface area (Å²) in [4.78, 5) is 15.8. The van der Waals surface area contributed by atoms with E-state index < -0.39 is 29.3 Å². The van der Waals surface area contributed by atoms with Crippen LogP contribution in [0.25, 0.3) is 0 Å².